The van der Waals surface area contributed by atoms with Crippen molar-refractivity contribution in [3.63, 3.8) is 0 Å². The minimum atomic E-state index is -4.78. The monoisotopic (exact) mass is 447 g/mol. The van der Waals surface area contributed by atoms with Crippen molar-refractivity contribution in [2.24, 2.45) is 11.1 Å². The van der Waals surface area contributed by atoms with Gasteiger partial charge in [-0.1, -0.05) is 20.8 Å². The van der Waals surface area contributed by atoms with Gasteiger partial charge in [0, 0.05) is 52.7 Å². The summed E-state index contributed by atoms with van der Waals surface area (Å²) >= 11 is 0. The number of alkyl halides is 6. The largest absolute Gasteiger partial charge is 0.417 e. The molecule has 10 heteroatoms. The second-order valence-electron chi connectivity index (χ2n) is 8.56. The van der Waals surface area contributed by atoms with E-state index in [9.17, 15) is 30.7 Å². The molecule has 0 saturated carbocycles. The first kappa shape index (κ1) is 23.1. The molecule has 0 saturated heterocycles. The highest BCUT2D eigenvalue weighted by molar-refractivity contribution is 5.89. The Morgan fingerprint density at radius 2 is 1.68 bits per heavy atom. The number of pyridine rings is 1. The molecule has 0 aliphatic heterocycles. The molecular weight excluding hydrogens is 427 g/mol. The number of aromatic nitrogens is 2. The van der Waals surface area contributed by atoms with Gasteiger partial charge in [-0.2, -0.15) is 26.3 Å². The van der Waals surface area contributed by atoms with Crippen molar-refractivity contribution in [3.05, 3.63) is 53.7 Å². The normalized spacial score (nSPS) is 14.3. The fourth-order valence-corrected chi connectivity index (χ4v) is 3.47. The molecule has 3 rings (SSSR count). The van der Waals surface area contributed by atoms with Crippen molar-refractivity contribution >= 4 is 10.9 Å². The molecule has 3 aromatic rings. The standard InChI is InChI=1S/C21H20F7N3/c1-19(2,3)10-31-9-14(18(29)21(26,27)28)12-6-16(22)11(7-17(12)31)13-8-30-5-4-15(13)20(23,24)25/h4-9,18H,10,29H2,1-3H3. The van der Waals surface area contributed by atoms with Crippen LogP contribution >= 0.6 is 0 Å². The molecule has 31 heavy (non-hydrogen) atoms. The van der Waals surface area contributed by atoms with Gasteiger partial charge in [0.05, 0.1) is 5.56 Å². The maximum atomic E-state index is 14.9. The highest BCUT2D eigenvalue weighted by Crippen LogP contribution is 2.41. The van der Waals surface area contributed by atoms with Gasteiger partial charge >= 0.3 is 12.4 Å². The summed E-state index contributed by atoms with van der Waals surface area (Å²) in [4.78, 5) is 3.66. The van der Waals surface area contributed by atoms with Gasteiger partial charge in [-0.3, -0.25) is 4.98 Å². The minimum absolute atomic E-state index is 0.104. The summed E-state index contributed by atoms with van der Waals surface area (Å²) in [5.41, 5.74) is 2.79. The molecule has 1 atom stereocenters. The molecule has 0 aliphatic carbocycles. The Hall–Kier alpha value is -2.62. The number of nitrogens with zero attached hydrogens (tertiary/aromatic N) is 2. The van der Waals surface area contributed by atoms with Crippen LogP contribution < -0.4 is 5.73 Å². The molecular formula is C21H20F7N3. The lowest BCUT2D eigenvalue weighted by atomic mass is 9.96. The molecule has 2 aromatic heterocycles. The average Bonchev–Trinajstić information content (AvgIpc) is 2.94. The summed E-state index contributed by atoms with van der Waals surface area (Å²) in [5, 5.41) is -0.104. The highest BCUT2D eigenvalue weighted by atomic mass is 19.4. The van der Waals surface area contributed by atoms with E-state index in [4.69, 9.17) is 5.73 Å². The van der Waals surface area contributed by atoms with E-state index >= 15 is 0 Å². The van der Waals surface area contributed by atoms with E-state index in [0.29, 0.717) is 0 Å². The van der Waals surface area contributed by atoms with Crippen LogP contribution in [0.5, 0.6) is 0 Å². The highest BCUT2D eigenvalue weighted by Gasteiger charge is 2.40. The molecule has 3 nitrogen and oxygen atoms in total. The van der Waals surface area contributed by atoms with Crippen molar-refractivity contribution in [2.75, 3.05) is 0 Å². The van der Waals surface area contributed by atoms with E-state index in [0.717, 1.165) is 30.6 Å². The summed E-state index contributed by atoms with van der Waals surface area (Å²) in [6.07, 6.45) is -6.54. The van der Waals surface area contributed by atoms with Gasteiger partial charge in [-0.25, -0.2) is 4.39 Å². The van der Waals surface area contributed by atoms with Gasteiger partial charge in [0.2, 0.25) is 0 Å². The molecule has 0 fully saturated rings. The summed E-state index contributed by atoms with van der Waals surface area (Å²) in [6.45, 7) is 5.76. The lowest BCUT2D eigenvalue weighted by molar-refractivity contribution is -0.148. The maximum Gasteiger partial charge on any atom is 0.417 e. The predicted molar refractivity (Wildman–Crippen MR) is 103 cm³/mol. The third-order valence-electron chi connectivity index (χ3n) is 4.75. The van der Waals surface area contributed by atoms with E-state index in [1.165, 1.54) is 10.8 Å². The average molecular weight is 447 g/mol. The minimum Gasteiger partial charge on any atom is -0.347 e. The number of nitrogens with two attached hydrogens (primary N) is 1. The zero-order valence-electron chi connectivity index (χ0n) is 16.9. The van der Waals surface area contributed by atoms with Crippen LogP contribution in [0.25, 0.3) is 22.0 Å². The van der Waals surface area contributed by atoms with Crippen LogP contribution in [0, 0.1) is 11.2 Å². The Balaban J connectivity index is 2.32. The molecule has 1 aromatic carbocycles. The molecule has 0 bridgehead atoms. The van der Waals surface area contributed by atoms with Crippen LogP contribution in [0.2, 0.25) is 0 Å². The topological polar surface area (TPSA) is 43.8 Å². The van der Waals surface area contributed by atoms with Gasteiger partial charge in [0.15, 0.2) is 0 Å². The number of rotatable bonds is 3. The number of hydrogen-bond donors (Lipinski definition) is 1. The van der Waals surface area contributed by atoms with Gasteiger partial charge < -0.3 is 10.3 Å². The lowest BCUT2D eigenvalue weighted by Crippen LogP contribution is -2.28. The molecule has 2 heterocycles. The van der Waals surface area contributed by atoms with Gasteiger partial charge in [0.25, 0.3) is 0 Å². The Labute approximate surface area is 173 Å². The van der Waals surface area contributed by atoms with E-state index in [-0.39, 0.29) is 28.4 Å². The van der Waals surface area contributed by atoms with E-state index < -0.39 is 40.9 Å². The molecule has 0 spiro atoms. The van der Waals surface area contributed by atoms with E-state index in [1.54, 1.807) is 0 Å². The van der Waals surface area contributed by atoms with Crippen molar-refractivity contribution in [2.45, 2.75) is 45.7 Å². The third-order valence-corrected chi connectivity index (χ3v) is 4.75. The van der Waals surface area contributed by atoms with Crippen LogP contribution in [-0.2, 0) is 12.7 Å². The Kier molecular flexibility index (Phi) is 5.58. The summed E-state index contributed by atoms with van der Waals surface area (Å²) < 4.78 is 96.5. The van der Waals surface area contributed by atoms with Gasteiger partial charge in [0.1, 0.15) is 11.9 Å². The Morgan fingerprint density at radius 1 is 1.03 bits per heavy atom. The Morgan fingerprint density at radius 3 is 2.23 bits per heavy atom. The number of hydrogen-bond acceptors (Lipinski definition) is 2. The number of fused-ring (bicyclic) bond motifs is 1. The number of benzene rings is 1. The Bertz CT molecular complexity index is 1110. The fraction of sp³-hybridized carbons (Fsp3) is 0.381. The smallest absolute Gasteiger partial charge is 0.347 e. The third kappa shape index (κ3) is 4.68. The summed E-state index contributed by atoms with van der Waals surface area (Å²) in [7, 11) is 0. The molecule has 2 N–H and O–H groups in total. The molecule has 168 valence electrons. The quantitative estimate of drug-likeness (QED) is 0.468. The van der Waals surface area contributed by atoms with Gasteiger partial charge in [-0.15, -0.1) is 0 Å². The second-order valence-corrected chi connectivity index (χ2v) is 8.56. The number of halogens is 7. The van der Waals surface area contributed by atoms with Crippen LogP contribution in [0.4, 0.5) is 30.7 Å². The first-order chi connectivity index (χ1) is 14.1. The first-order valence-corrected chi connectivity index (χ1v) is 9.26. The molecule has 1 unspecified atom stereocenters. The summed E-state index contributed by atoms with van der Waals surface area (Å²) in [5.74, 6) is -1.10. The van der Waals surface area contributed by atoms with Crippen LogP contribution in [0.15, 0.2) is 36.8 Å². The van der Waals surface area contributed by atoms with Gasteiger partial charge in [-0.05, 0) is 23.6 Å². The lowest BCUT2D eigenvalue weighted by Gasteiger charge is -2.20. The van der Waals surface area contributed by atoms with Crippen molar-refractivity contribution < 1.29 is 30.7 Å². The van der Waals surface area contributed by atoms with E-state index in [2.05, 4.69) is 4.98 Å². The molecule has 0 radical (unpaired) electrons. The summed E-state index contributed by atoms with van der Waals surface area (Å²) in [6, 6.07) is 0.274. The SMILES string of the molecule is CC(C)(C)Cn1cc(C(N)C(F)(F)F)c2cc(F)c(-c3cnccc3C(F)(F)F)cc21. The maximum absolute atomic E-state index is 14.9. The molecule has 0 aliphatic rings. The zero-order chi connectivity index (χ0) is 23.4. The fourth-order valence-electron chi connectivity index (χ4n) is 3.47. The molecule has 0 amide bonds. The van der Waals surface area contributed by atoms with Crippen molar-refractivity contribution in [1.82, 2.24) is 9.55 Å². The van der Waals surface area contributed by atoms with Crippen LogP contribution in [0.3, 0.4) is 0 Å². The second kappa shape index (κ2) is 7.51. The van der Waals surface area contributed by atoms with E-state index in [1.807, 2.05) is 20.8 Å². The predicted octanol–water partition coefficient (Wildman–Crippen LogP) is 6.47. The first-order valence-electron chi connectivity index (χ1n) is 9.26. The van der Waals surface area contributed by atoms with Crippen molar-refractivity contribution in [3.8, 4) is 11.1 Å². The van der Waals surface area contributed by atoms with Crippen LogP contribution in [0.1, 0.15) is 37.9 Å². The zero-order valence-corrected chi connectivity index (χ0v) is 16.9. The van der Waals surface area contributed by atoms with Crippen LogP contribution in [-0.4, -0.2) is 15.7 Å². The van der Waals surface area contributed by atoms with Crippen molar-refractivity contribution in [1.29, 1.82) is 0 Å².